The third-order valence-corrected chi connectivity index (χ3v) is 6.03. The van der Waals surface area contributed by atoms with Gasteiger partial charge in [0.2, 0.25) is 0 Å². The number of thioether (sulfide) groups is 1. The summed E-state index contributed by atoms with van der Waals surface area (Å²) >= 11 is 2.04. The van der Waals surface area contributed by atoms with E-state index in [-0.39, 0.29) is 11.2 Å². The number of rotatable bonds is 5. The molecular weight excluding hydrogens is 297 g/mol. The summed E-state index contributed by atoms with van der Waals surface area (Å²) in [5.41, 5.74) is 1.18. The standard InChI is InChI=1S/C17H24FN3S/c1-19-16(20-11-15-6-3-9-22-15)21-12-17(7-8-17)13-4-2-5-14(18)10-13/h2,4-5,10,15H,3,6-9,11-12H2,1H3,(H2,19,20,21). The van der Waals surface area contributed by atoms with Crippen molar-refractivity contribution in [1.82, 2.24) is 10.6 Å². The SMILES string of the molecule is CN=C(NCC1CCCS1)NCC1(c2cccc(F)c2)CC1. The van der Waals surface area contributed by atoms with E-state index >= 15 is 0 Å². The van der Waals surface area contributed by atoms with Crippen molar-refractivity contribution in [2.75, 3.05) is 25.9 Å². The minimum Gasteiger partial charge on any atom is -0.356 e. The predicted molar refractivity (Wildman–Crippen MR) is 92.2 cm³/mol. The fraction of sp³-hybridized carbons (Fsp3) is 0.588. The molecule has 2 aliphatic rings. The molecule has 3 rings (SSSR count). The van der Waals surface area contributed by atoms with Gasteiger partial charge in [0.1, 0.15) is 5.82 Å². The highest BCUT2D eigenvalue weighted by atomic mass is 32.2. The monoisotopic (exact) mass is 321 g/mol. The first-order chi connectivity index (χ1) is 10.7. The molecule has 0 radical (unpaired) electrons. The van der Waals surface area contributed by atoms with Crippen LogP contribution in [0, 0.1) is 5.82 Å². The van der Waals surface area contributed by atoms with Gasteiger partial charge < -0.3 is 10.6 Å². The Morgan fingerprint density at radius 3 is 2.91 bits per heavy atom. The van der Waals surface area contributed by atoms with E-state index in [4.69, 9.17) is 0 Å². The van der Waals surface area contributed by atoms with Crippen molar-refractivity contribution in [2.45, 2.75) is 36.3 Å². The first-order valence-corrected chi connectivity index (χ1v) is 9.09. The molecule has 1 unspecified atom stereocenters. The fourth-order valence-corrected chi connectivity index (χ4v) is 4.23. The van der Waals surface area contributed by atoms with Crippen LogP contribution in [-0.2, 0) is 5.41 Å². The van der Waals surface area contributed by atoms with Gasteiger partial charge in [-0.25, -0.2) is 4.39 Å². The molecule has 2 N–H and O–H groups in total. The number of nitrogens with one attached hydrogen (secondary N) is 2. The maximum Gasteiger partial charge on any atom is 0.191 e. The van der Waals surface area contributed by atoms with E-state index in [2.05, 4.69) is 15.6 Å². The van der Waals surface area contributed by atoms with Crippen LogP contribution in [0.1, 0.15) is 31.2 Å². The number of benzene rings is 1. The minimum atomic E-state index is -0.149. The molecule has 1 aromatic carbocycles. The number of hydrogen-bond acceptors (Lipinski definition) is 2. The zero-order valence-electron chi connectivity index (χ0n) is 13.1. The lowest BCUT2D eigenvalue weighted by atomic mass is 9.96. The summed E-state index contributed by atoms with van der Waals surface area (Å²) < 4.78 is 13.4. The van der Waals surface area contributed by atoms with E-state index in [1.54, 1.807) is 19.2 Å². The zero-order chi connectivity index (χ0) is 15.4. The van der Waals surface area contributed by atoms with Gasteiger partial charge in [-0.1, -0.05) is 12.1 Å². The molecule has 0 amide bonds. The summed E-state index contributed by atoms with van der Waals surface area (Å²) in [5, 5.41) is 7.55. The van der Waals surface area contributed by atoms with Crippen molar-refractivity contribution in [3.63, 3.8) is 0 Å². The van der Waals surface area contributed by atoms with Gasteiger partial charge in [-0.3, -0.25) is 4.99 Å². The first-order valence-electron chi connectivity index (χ1n) is 8.04. The molecule has 0 spiro atoms. The summed E-state index contributed by atoms with van der Waals surface area (Å²) in [6.07, 6.45) is 4.84. The Balaban J connectivity index is 1.52. The molecule has 1 aliphatic carbocycles. The van der Waals surface area contributed by atoms with Crippen LogP contribution in [0.3, 0.4) is 0 Å². The second kappa shape index (κ2) is 6.90. The molecule has 3 nitrogen and oxygen atoms in total. The predicted octanol–water partition coefficient (Wildman–Crippen LogP) is 2.92. The van der Waals surface area contributed by atoms with Gasteiger partial charge in [0.05, 0.1) is 0 Å². The molecular formula is C17H24FN3S. The second-order valence-corrected chi connectivity index (χ2v) is 7.64. The number of guanidine groups is 1. The van der Waals surface area contributed by atoms with Crippen LogP contribution in [0.5, 0.6) is 0 Å². The first kappa shape index (κ1) is 15.7. The van der Waals surface area contributed by atoms with Crippen LogP contribution in [0.25, 0.3) is 0 Å². The van der Waals surface area contributed by atoms with Gasteiger partial charge in [-0.2, -0.15) is 11.8 Å². The van der Waals surface area contributed by atoms with E-state index in [9.17, 15) is 4.39 Å². The van der Waals surface area contributed by atoms with Gasteiger partial charge in [0.25, 0.3) is 0 Å². The lowest BCUT2D eigenvalue weighted by Gasteiger charge is -2.20. The number of halogens is 1. The second-order valence-electron chi connectivity index (χ2n) is 6.23. The van der Waals surface area contributed by atoms with Gasteiger partial charge in [0, 0.05) is 30.8 Å². The van der Waals surface area contributed by atoms with Gasteiger partial charge in [0.15, 0.2) is 5.96 Å². The third kappa shape index (κ3) is 3.75. The van der Waals surface area contributed by atoms with Crippen LogP contribution in [0.4, 0.5) is 4.39 Å². The van der Waals surface area contributed by atoms with Crippen molar-refractivity contribution in [2.24, 2.45) is 4.99 Å². The molecule has 120 valence electrons. The van der Waals surface area contributed by atoms with Crippen molar-refractivity contribution in [3.05, 3.63) is 35.6 Å². The van der Waals surface area contributed by atoms with Gasteiger partial charge >= 0.3 is 0 Å². The molecule has 2 fully saturated rings. The number of aliphatic imine (C=N–C) groups is 1. The maximum absolute atomic E-state index is 13.4. The minimum absolute atomic E-state index is 0.0851. The maximum atomic E-state index is 13.4. The Morgan fingerprint density at radius 1 is 1.41 bits per heavy atom. The number of hydrogen-bond donors (Lipinski definition) is 2. The van der Waals surface area contributed by atoms with Crippen LogP contribution >= 0.6 is 11.8 Å². The van der Waals surface area contributed by atoms with E-state index in [1.807, 2.05) is 17.8 Å². The molecule has 1 aromatic rings. The van der Waals surface area contributed by atoms with E-state index in [0.29, 0.717) is 5.25 Å². The Bertz CT molecular complexity index is 536. The van der Waals surface area contributed by atoms with Crippen molar-refractivity contribution in [3.8, 4) is 0 Å². The zero-order valence-corrected chi connectivity index (χ0v) is 13.9. The molecule has 1 heterocycles. The van der Waals surface area contributed by atoms with E-state index < -0.39 is 0 Å². The Kier molecular flexibility index (Phi) is 4.91. The van der Waals surface area contributed by atoms with Gasteiger partial charge in [-0.15, -0.1) is 0 Å². The molecule has 0 bridgehead atoms. The number of nitrogens with zero attached hydrogens (tertiary/aromatic N) is 1. The summed E-state index contributed by atoms with van der Waals surface area (Å²) in [5.74, 6) is 1.99. The highest BCUT2D eigenvalue weighted by molar-refractivity contribution is 8.00. The smallest absolute Gasteiger partial charge is 0.191 e. The Hall–Kier alpha value is -1.23. The summed E-state index contributed by atoms with van der Waals surface area (Å²) in [4.78, 5) is 4.30. The molecule has 0 aromatic heterocycles. The molecule has 1 aliphatic heterocycles. The Morgan fingerprint density at radius 2 is 2.27 bits per heavy atom. The summed E-state index contributed by atoms with van der Waals surface area (Å²) in [6.45, 7) is 1.78. The molecule has 5 heteroatoms. The van der Waals surface area contributed by atoms with E-state index in [1.165, 1.54) is 24.7 Å². The molecule has 1 atom stereocenters. The average Bonchev–Trinajstić information content (AvgIpc) is 3.14. The summed E-state index contributed by atoms with van der Waals surface area (Å²) in [7, 11) is 1.80. The topological polar surface area (TPSA) is 36.4 Å². The quantitative estimate of drug-likeness (QED) is 0.647. The highest BCUT2D eigenvalue weighted by Gasteiger charge is 2.44. The Labute approximate surface area is 136 Å². The van der Waals surface area contributed by atoms with E-state index in [0.717, 1.165) is 37.5 Å². The van der Waals surface area contributed by atoms with Crippen LogP contribution < -0.4 is 10.6 Å². The van der Waals surface area contributed by atoms with Crippen LogP contribution in [0.15, 0.2) is 29.3 Å². The third-order valence-electron chi connectivity index (χ3n) is 4.63. The van der Waals surface area contributed by atoms with Crippen LogP contribution in [0.2, 0.25) is 0 Å². The van der Waals surface area contributed by atoms with Crippen molar-refractivity contribution in [1.29, 1.82) is 0 Å². The van der Waals surface area contributed by atoms with Crippen LogP contribution in [-0.4, -0.2) is 37.1 Å². The fourth-order valence-electron chi connectivity index (χ4n) is 3.03. The lowest BCUT2D eigenvalue weighted by molar-refractivity contribution is 0.606. The molecule has 1 saturated heterocycles. The normalized spacial score (nSPS) is 23.4. The average molecular weight is 321 g/mol. The lowest BCUT2D eigenvalue weighted by Crippen LogP contribution is -2.43. The highest BCUT2D eigenvalue weighted by Crippen LogP contribution is 2.47. The van der Waals surface area contributed by atoms with Gasteiger partial charge in [-0.05, 0) is 49.1 Å². The largest absolute Gasteiger partial charge is 0.356 e. The summed E-state index contributed by atoms with van der Waals surface area (Å²) in [6, 6.07) is 7.01. The molecule has 22 heavy (non-hydrogen) atoms. The molecule has 1 saturated carbocycles. The van der Waals surface area contributed by atoms with Crippen molar-refractivity contribution >= 4 is 17.7 Å². The van der Waals surface area contributed by atoms with Crippen molar-refractivity contribution < 1.29 is 4.39 Å².